The number of hydrogen-bond donors (Lipinski definition) is 1. The Morgan fingerprint density at radius 2 is 1.55 bits per heavy atom. The Kier molecular flexibility index (Phi) is 7.20. The fourth-order valence-corrected chi connectivity index (χ4v) is 2.86. The van der Waals surface area contributed by atoms with Gasteiger partial charge in [-0.05, 0) is 42.5 Å². The quantitative estimate of drug-likeness (QED) is 0.163. The van der Waals surface area contributed by atoms with Crippen LogP contribution in [0.15, 0.2) is 76.3 Å². The molecule has 3 aromatic carbocycles. The maximum atomic E-state index is 12.5. The van der Waals surface area contributed by atoms with E-state index in [0.29, 0.717) is 0 Å². The van der Waals surface area contributed by atoms with E-state index >= 15 is 0 Å². The summed E-state index contributed by atoms with van der Waals surface area (Å²) in [6.07, 6.45) is 1.08. The number of non-ortho nitro benzene ring substituents is 1. The highest BCUT2D eigenvalue weighted by Gasteiger charge is 2.22. The third-order valence-electron chi connectivity index (χ3n) is 4.21. The number of rotatable bonds is 7. The van der Waals surface area contributed by atoms with E-state index in [1.54, 1.807) is 12.1 Å². The van der Waals surface area contributed by atoms with Gasteiger partial charge in [-0.25, -0.2) is 10.2 Å². The lowest BCUT2D eigenvalue weighted by atomic mass is 10.2. The highest BCUT2D eigenvalue weighted by Crippen LogP contribution is 2.31. The summed E-state index contributed by atoms with van der Waals surface area (Å²) in [6, 6.07) is 15.0. The number of carbonyl (C=O) groups excluding carboxylic acids is 2. The fourth-order valence-electron chi connectivity index (χ4n) is 2.60. The first-order valence-electron chi connectivity index (χ1n) is 9.09. The van der Waals surface area contributed by atoms with Crippen LogP contribution in [0.5, 0.6) is 5.75 Å². The van der Waals surface area contributed by atoms with E-state index in [9.17, 15) is 29.8 Å². The normalized spacial score (nSPS) is 10.6. The molecule has 1 amide bonds. The summed E-state index contributed by atoms with van der Waals surface area (Å²) in [5.41, 5.74) is 1.91. The molecule has 0 saturated heterocycles. The van der Waals surface area contributed by atoms with Crippen molar-refractivity contribution in [2.24, 2.45) is 5.10 Å². The van der Waals surface area contributed by atoms with Crippen LogP contribution in [0.2, 0.25) is 0 Å². The second-order valence-corrected chi connectivity index (χ2v) is 7.27. The van der Waals surface area contributed by atoms with Crippen molar-refractivity contribution in [3.63, 3.8) is 0 Å². The van der Waals surface area contributed by atoms with Crippen LogP contribution < -0.4 is 10.2 Å². The molecule has 1 N–H and O–H groups in total. The summed E-state index contributed by atoms with van der Waals surface area (Å²) in [7, 11) is 0. The van der Waals surface area contributed by atoms with Gasteiger partial charge < -0.3 is 4.74 Å². The predicted octanol–water partition coefficient (Wildman–Crippen LogP) is 4.25. The Bertz CT molecular complexity index is 1260. The number of halogens is 1. The van der Waals surface area contributed by atoms with Gasteiger partial charge in [0.1, 0.15) is 0 Å². The van der Waals surface area contributed by atoms with Gasteiger partial charge in [-0.1, -0.05) is 22.0 Å². The number of carbonyl (C=O) groups is 2. The van der Waals surface area contributed by atoms with E-state index in [4.69, 9.17) is 4.74 Å². The van der Waals surface area contributed by atoms with Crippen LogP contribution in [0.4, 0.5) is 11.4 Å². The smallest absolute Gasteiger partial charge is 0.343 e. The standard InChI is InChI=1S/C21H13BrN4O7/c22-16-8-4-14(5-9-16)21(28)33-19-15(2-1-3-18(19)26(31)32)12-23-24-20(27)13-6-10-17(11-7-13)25(29)30/h1-12H,(H,24,27)/b23-12+. The van der Waals surface area contributed by atoms with Gasteiger partial charge in [-0.15, -0.1) is 0 Å². The van der Waals surface area contributed by atoms with Crippen molar-refractivity contribution in [1.29, 1.82) is 0 Å². The second-order valence-electron chi connectivity index (χ2n) is 6.35. The molecule has 0 radical (unpaired) electrons. The molecule has 3 aromatic rings. The van der Waals surface area contributed by atoms with E-state index in [2.05, 4.69) is 26.5 Å². The van der Waals surface area contributed by atoms with Crippen LogP contribution in [-0.4, -0.2) is 27.9 Å². The van der Waals surface area contributed by atoms with Crippen LogP contribution >= 0.6 is 15.9 Å². The van der Waals surface area contributed by atoms with Crippen LogP contribution in [-0.2, 0) is 0 Å². The molecular formula is C21H13BrN4O7. The summed E-state index contributed by atoms with van der Waals surface area (Å²) in [6.45, 7) is 0. The van der Waals surface area contributed by atoms with Crippen molar-refractivity contribution >= 4 is 45.4 Å². The monoisotopic (exact) mass is 512 g/mol. The first-order valence-corrected chi connectivity index (χ1v) is 9.88. The molecule has 0 heterocycles. The number of benzene rings is 3. The third-order valence-corrected chi connectivity index (χ3v) is 4.73. The SMILES string of the molecule is O=C(N/N=C/c1cccc([N+](=O)[O-])c1OC(=O)c1ccc(Br)cc1)c1ccc([N+](=O)[O-])cc1. The number of nitrogens with zero attached hydrogens (tertiary/aromatic N) is 3. The van der Waals surface area contributed by atoms with Crippen LogP contribution in [0.1, 0.15) is 26.3 Å². The summed E-state index contributed by atoms with van der Waals surface area (Å²) in [4.78, 5) is 45.5. The lowest BCUT2D eigenvalue weighted by Crippen LogP contribution is -2.17. The Morgan fingerprint density at radius 3 is 2.15 bits per heavy atom. The van der Waals surface area contributed by atoms with Crippen molar-refractivity contribution in [3.8, 4) is 5.75 Å². The van der Waals surface area contributed by atoms with Gasteiger partial charge in [0.2, 0.25) is 5.75 Å². The lowest BCUT2D eigenvalue weighted by Gasteiger charge is -2.08. The molecular weight excluding hydrogens is 500 g/mol. The largest absolute Gasteiger partial charge is 0.415 e. The lowest BCUT2D eigenvalue weighted by molar-refractivity contribution is -0.385. The molecule has 0 aliphatic rings. The zero-order valence-electron chi connectivity index (χ0n) is 16.5. The molecule has 33 heavy (non-hydrogen) atoms. The molecule has 12 heteroatoms. The summed E-state index contributed by atoms with van der Waals surface area (Å²) >= 11 is 3.25. The molecule has 166 valence electrons. The van der Waals surface area contributed by atoms with Gasteiger partial charge in [0.15, 0.2) is 0 Å². The molecule has 0 spiro atoms. The molecule has 0 aromatic heterocycles. The van der Waals surface area contributed by atoms with Gasteiger partial charge in [0, 0.05) is 33.8 Å². The molecule has 0 unspecified atom stereocenters. The molecule has 3 rings (SSSR count). The molecule has 0 bridgehead atoms. The van der Waals surface area contributed by atoms with E-state index in [1.165, 1.54) is 48.5 Å². The van der Waals surface area contributed by atoms with Gasteiger partial charge in [0.05, 0.1) is 21.6 Å². The number of amides is 1. The Labute approximate surface area is 194 Å². The van der Waals surface area contributed by atoms with E-state index < -0.39 is 27.4 Å². The van der Waals surface area contributed by atoms with Gasteiger partial charge in [-0.2, -0.15) is 5.10 Å². The number of nitrogens with one attached hydrogen (secondary N) is 1. The maximum absolute atomic E-state index is 12.5. The summed E-state index contributed by atoms with van der Waals surface area (Å²) in [5, 5.41) is 25.9. The van der Waals surface area contributed by atoms with Crippen molar-refractivity contribution < 1.29 is 24.2 Å². The van der Waals surface area contributed by atoms with Crippen molar-refractivity contribution in [2.75, 3.05) is 0 Å². The molecule has 0 aliphatic carbocycles. The number of nitro benzene ring substituents is 2. The van der Waals surface area contributed by atoms with Crippen molar-refractivity contribution in [2.45, 2.75) is 0 Å². The minimum absolute atomic E-state index is 0.0682. The summed E-state index contributed by atoms with van der Waals surface area (Å²) < 4.78 is 6.02. The Hall–Kier alpha value is -4.45. The maximum Gasteiger partial charge on any atom is 0.343 e. The van der Waals surface area contributed by atoms with Crippen molar-refractivity contribution in [3.05, 3.63) is 108 Å². The average molecular weight is 513 g/mol. The fraction of sp³-hybridized carbons (Fsp3) is 0. The van der Waals surface area contributed by atoms with Gasteiger partial charge >= 0.3 is 11.7 Å². The summed E-state index contributed by atoms with van der Waals surface area (Å²) in [5.74, 6) is -1.83. The zero-order chi connectivity index (χ0) is 24.0. The number of para-hydroxylation sites is 1. The van der Waals surface area contributed by atoms with Gasteiger partial charge in [0.25, 0.3) is 11.6 Å². The highest BCUT2D eigenvalue weighted by molar-refractivity contribution is 9.10. The van der Waals surface area contributed by atoms with E-state index in [1.807, 2.05) is 0 Å². The molecule has 11 nitrogen and oxygen atoms in total. The molecule has 0 fully saturated rings. The van der Waals surface area contributed by atoms with Crippen molar-refractivity contribution in [1.82, 2.24) is 5.43 Å². The number of hydrogen-bond acceptors (Lipinski definition) is 8. The number of esters is 1. The Balaban J connectivity index is 1.81. The number of hydrazone groups is 1. The van der Waals surface area contributed by atoms with Crippen LogP contribution in [0.25, 0.3) is 0 Å². The topological polar surface area (TPSA) is 154 Å². The van der Waals surface area contributed by atoms with E-state index in [-0.39, 0.29) is 28.1 Å². The second kappa shape index (κ2) is 10.2. The first-order chi connectivity index (χ1) is 15.8. The van der Waals surface area contributed by atoms with Gasteiger partial charge in [-0.3, -0.25) is 25.0 Å². The molecule has 0 aliphatic heterocycles. The number of ether oxygens (including phenoxy) is 1. The molecule has 0 saturated carbocycles. The average Bonchev–Trinajstić information content (AvgIpc) is 2.80. The predicted molar refractivity (Wildman–Crippen MR) is 120 cm³/mol. The minimum atomic E-state index is -0.818. The molecule has 0 atom stereocenters. The minimum Gasteiger partial charge on any atom is -0.415 e. The number of nitro groups is 2. The van der Waals surface area contributed by atoms with E-state index in [0.717, 1.165) is 16.8 Å². The first kappa shape index (κ1) is 23.2. The Morgan fingerprint density at radius 1 is 0.909 bits per heavy atom. The van der Waals surface area contributed by atoms with Crippen LogP contribution in [0, 0.1) is 20.2 Å². The van der Waals surface area contributed by atoms with Crippen LogP contribution in [0.3, 0.4) is 0 Å². The zero-order valence-corrected chi connectivity index (χ0v) is 18.1. The highest BCUT2D eigenvalue weighted by atomic mass is 79.9. The third kappa shape index (κ3) is 5.83.